The van der Waals surface area contributed by atoms with Gasteiger partial charge in [0, 0.05) is 32.7 Å². The van der Waals surface area contributed by atoms with E-state index in [-0.39, 0.29) is 11.6 Å². The third-order valence-corrected chi connectivity index (χ3v) is 3.32. The van der Waals surface area contributed by atoms with E-state index in [1.54, 1.807) is 19.0 Å². The Morgan fingerprint density at radius 3 is 2.08 bits per heavy atom. The van der Waals surface area contributed by atoms with E-state index in [1.165, 1.54) is 0 Å². The molecule has 0 aliphatic rings. The number of nitrogens with zero attached hydrogens (tertiary/aromatic N) is 2. The molecule has 2 N–H and O–H groups in total. The summed E-state index contributed by atoms with van der Waals surface area (Å²) in [6.45, 7) is 13.1. The van der Waals surface area contributed by atoms with Gasteiger partial charge in [0.05, 0.1) is 0 Å². The van der Waals surface area contributed by atoms with Crippen molar-refractivity contribution in [1.82, 2.24) is 15.5 Å². The predicted octanol–water partition coefficient (Wildman–Crippen LogP) is 3.52. The van der Waals surface area contributed by atoms with E-state index in [2.05, 4.69) is 48.5 Å². The average Bonchev–Trinajstić information content (AvgIpc) is 2.50. The summed E-state index contributed by atoms with van der Waals surface area (Å²) in [4.78, 5) is 17.8. The quantitative estimate of drug-likeness (QED) is 0.635. The molecule has 6 nitrogen and oxygen atoms in total. The molecule has 1 amide bonds. The molecule has 0 bridgehead atoms. The molecule has 0 atom stereocenters. The lowest BCUT2D eigenvalue weighted by molar-refractivity contribution is 0.0285. The molecule has 0 fully saturated rings. The molecule has 1 aromatic carbocycles. The van der Waals surface area contributed by atoms with Gasteiger partial charge >= 0.3 is 6.09 Å². The third kappa shape index (κ3) is 8.74. The lowest BCUT2D eigenvalue weighted by Crippen LogP contribution is -2.47. The van der Waals surface area contributed by atoms with Crippen LogP contribution in [0.4, 0.5) is 4.79 Å². The number of rotatable bonds is 4. The standard InChI is InChI=1S/C20H34N4O2/c1-19(2,3)23-17(21-7)22-13-15-9-11-16(12-10-15)14-24(8)18(25)26-20(4,5)6/h9-12H,13-14H2,1-8H3,(H2,21,22,23). The van der Waals surface area contributed by atoms with Crippen molar-refractivity contribution in [3.05, 3.63) is 35.4 Å². The Balaban J connectivity index is 2.57. The first-order chi connectivity index (χ1) is 11.9. The first-order valence-corrected chi connectivity index (χ1v) is 8.90. The van der Waals surface area contributed by atoms with Crippen LogP contribution < -0.4 is 10.6 Å². The van der Waals surface area contributed by atoms with Gasteiger partial charge in [-0.2, -0.15) is 0 Å². The number of benzene rings is 1. The number of ether oxygens (including phenoxy) is 1. The van der Waals surface area contributed by atoms with E-state index in [9.17, 15) is 4.79 Å². The van der Waals surface area contributed by atoms with Crippen LogP contribution in [0, 0.1) is 0 Å². The average molecular weight is 363 g/mol. The van der Waals surface area contributed by atoms with Crippen molar-refractivity contribution in [2.24, 2.45) is 4.99 Å². The van der Waals surface area contributed by atoms with Gasteiger partial charge in [0.25, 0.3) is 0 Å². The molecule has 0 saturated heterocycles. The molecule has 26 heavy (non-hydrogen) atoms. The van der Waals surface area contributed by atoms with Crippen LogP contribution in [0.3, 0.4) is 0 Å². The Labute approximate surface area is 158 Å². The Bertz CT molecular complexity index is 610. The zero-order valence-electron chi connectivity index (χ0n) is 17.4. The van der Waals surface area contributed by atoms with Crippen molar-refractivity contribution < 1.29 is 9.53 Å². The van der Waals surface area contributed by atoms with E-state index >= 15 is 0 Å². The highest BCUT2D eigenvalue weighted by atomic mass is 16.6. The normalized spacial score (nSPS) is 12.5. The molecule has 0 saturated carbocycles. The number of nitrogens with one attached hydrogen (secondary N) is 2. The fourth-order valence-corrected chi connectivity index (χ4v) is 2.16. The smallest absolute Gasteiger partial charge is 0.410 e. The van der Waals surface area contributed by atoms with Crippen LogP contribution in [-0.4, -0.2) is 42.2 Å². The van der Waals surface area contributed by atoms with Crippen LogP contribution in [-0.2, 0) is 17.8 Å². The van der Waals surface area contributed by atoms with Gasteiger partial charge in [-0.15, -0.1) is 0 Å². The second-order valence-electron chi connectivity index (χ2n) is 8.45. The summed E-state index contributed by atoms with van der Waals surface area (Å²) in [6.07, 6.45) is -0.319. The highest BCUT2D eigenvalue weighted by Gasteiger charge is 2.19. The molecule has 1 aromatic rings. The zero-order chi connectivity index (χ0) is 20.0. The van der Waals surface area contributed by atoms with Crippen molar-refractivity contribution in [1.29, 1.82) is 0 Å². The summed E-state index contributed by atoms with van der Waals surface area (Å²) in [6, 6.07) is 8.15. The molecule has 0 radical (unpaired) electrons. The summed E-state index contributed by atoms with van der Waals surface area (Å²) in [7, 11) is 3.50. The van der Waals surface area contributed by atoms with Gasteiger partial charge in [0.2, 0.25) is 0 Å². The fourth-order valence-electron chi connectivity index (χ4n) is 2.16. The van der Waals surface area contributed by atoms with Gasteiger partial charge in [-0.3, -0.25) is 4.99 Å². The lowest BCUT2D eigenvalue weighted by Gasteiger charge is -2.25. The van der Waals surface area contributed by atoms with Gasteiger partial charge in [0.1, 0.15) is 5.60 Å². The monoisotopic (exact) mass is 362 g/mol. The molecular weight excluding hydrogens is 328 g/mol. The van der Waals surface area contributed by atoms with Crippen LogP contribution in [0.5, 0.6) is 0 Å². The summed E-state index contributed by atoms with van der Waals surface area (Å²) in [5.74, 6) is 0.770. The Morgan fingerprint density at radius 1 is 1.08 bits per heavy atom. The fraction of sp³-hybridized carbons (Fsp3) is 0.600. The van der Waals surface area contributed by atoms with Gasteiger partial charge in [0.15, 0.2) is 5.96 Å². The zero-order valence-corrected chi connectivity index (χ0v) is 17.4. The topological polar surface area (TPSA) is 66.0 Å². The minimum atomic E-state index is -0.486. The Kier molecular flexibility index (Phi) is 7.48. The summed E-state index contributed by atoms with van der Waals surface area (Å²) < 4.78 is 5.37. The number of carbonyl (C=O) groups is 1. The van der Waals surface area contributed by atoms with Crippen molar-refractivity contribution in [3.8, 4) is 0 Å². The van der Waals surface area contributed by atoms with Gasteiger partial charge in [-0.1, -0.05) is 24.3 Å². The minimum absolute atomic E-state index is 0.0437. The first-order valence-electron chi connectivity index (χ1n) is 8.90. The molecule has 6 heteroatoms. The SMILES string of the molecule is CN=C(NCc1ccc(CN(C)C(=O)OC(C)(C)C)cc1)NC(C)(C)C. The van der Waals surface area contributed by atoms with Crippen LogP contribution in [0.25, 0.3) is 0 Å². The Morgan fingerprint density at radius 2 is 1.62 bits per heavy atom. The summed E-state index contributed by atoms with van der Waals surface area (Å²) >= 11 is 0. The number of hydrogen-bond acceptors (Lipinski definition) is 3. The molecule has 0 unspecified atom stereocenters. The van der Waals surface area contributed by atoms with Crippen LogP contribution in [0.15, 0.2) is 29.3 Å². The van der Waals surface area contributed by atoms with Gasteiger partial charge in [-0.05, 0) is 52.7 Å². The maximum atomic E-state index is 12.0. The molecular formula is C20H34N4O2. The third-order valence-electron chi connectivity index (χ3n) is 3.32. The van der Waals surface area contributed by atoms with Crippen molar-refractivity contribution in [2.45, 2.75) is 65.8 Å². The largest absolute Gasteiger partial charge is 0.444 e. The van der Waals surface area contributed by atoms with Gasteiger partial charge in [-0.25, -0.2) is 4.79 Å². The second-order valence-corrected chi connectivity index (χ2v) is 8.45. The van der Waals surface area contributed by atoms with Crippen LogP contribution in [0.2, 0.25) is 0 Å². The molecule has 1 rings (SSSR count). The Hall–Kier alpha value is -2.24. The van der Waals surface area contributed by atoms with Gasteiger partial charge < -0.3 is 20.3 Å². The number of carbonyl (C=O) groups excluding carboxylic acids is 1. The van der Waals surface area contributed by atoms with Crippen molar-refractivity contribution in [2.75, 3.05) is 14.1 Å². The summed E-state index contributed by atoms with van der Waals surface area (Å²) in [5, 5.41) is 6.63. The van der Waals surface area contributed by atoms with Crippen molar-refractivity contribution >= 4 is 12.1 Å². The van der Waals surface area contributed by atoms with E-state index in [0.717, 1.165) is 17.1 Å². The molecule has 0 heterocycles. The summed E-state index contributed by atoms with van der Waals surface area (Å²) in [5.41, 5.74) is 1.67. The predicted molar refractivity (Wildman–Crippen MR) is 107 cm³/mol. The maximum absolute atomic E-state index is 12.0. The highest BCUT2D eigenvalue weighted by molar-refractivity contribution is 5.80. The van der Waals surface area contributed by atoms with Crippen LogP contribution in [0.1, 0.15) is 52.7 Å². The maximum Gasteiger partial charge on any atom is 0.410 e. The van der Waals surface area contributed by atoms with E-state index in [4.69, 9.17) is 4.74 Å². The van der Waals surface area contributed by atoms with E-state index < -0.39 is 5.60 Å². The van der Waals surface area contributed by atoms with Crippen molar-refractivity contribution in [3.63, 3.8) is 0 Å². The molecule has 0 aliphatic heterocycles. The lowest BCUT2D eigenvalue weighted by atomic mass is 10.1. The molecule has 0 aliphatic carbocycles. The number of guanidine groups is 1. The molecule has 0 spiro atoms. The first kappa shape index (κ1) is 21.8. The number of aliphatic imine (C=N–C) groups is 1. The number of hydrogen-bond donors (Lipinski definition) is 2. The molecule has 146 valence electrons. The minimum Gasteiger partial charge on any atom is -0.444 e. The number of amides is 1. The van der Waals surface area contributed by atoms with Crippen LogP contribution >= 0.6 is 0 Å². The second kappa shape index (κ2) is 8.92. The van der Waals surface area contributed by atoms with E-state index in [0.29, 0.717) is 13.1 Å². The highest BCUT2D eigenvalue weighted by Crippen LogP contribution is 2.12. The molecule has 0 aromatic heterocycles. The van der Waals surface area contributed by atoms with E-state index in [1.807, 2.05) is 32.9 Å².